The minimum absolute atomic E-state index is 0.257. The van der Waals surface area contributed by atoms with E-state index < -0.39 is 23.2 Å². The fourth-order valence-electron chi connectivity index (χ4n) is 3.74. The standard InChI is InChI=1S/C20H21N3O6/c1-22(2)9-11-6-10-7-13-15(8-14(10)23(11)3)28-5-4-12-16(13)21-19(25)18(17(12)24)29-20(26)27/h6-8H,4-5,9H2,1-3H3,(H,26,27)(H2,21,24,25). The fourth-order valence-corrected chi connectivity index (χ4v) is 3.74. The summed E-state index contributed by atoms with van der Waals surface area (Å²) in [5.74, 6) is -0.534. The summed E-state index contributed by atoms with van der Waals surface area (Å²) in [6.07, 6.45) is -1.39. The average Bonchev–Trinajstić information content (AvgIpc) is 2.82. The molecule has 1 aliphatic rings. The van der Waals surface area contributed by atoms with E-state index in [9.17, 15) is 14.7 Å². The first kappa shape index (κ1) is 18.9. The van der Waals surface area contributed by atoms with Crippen LogP contribution in [-0.4, -0.2) is 51.5 Å². The number of benzene rings is 1. The lowest BCUT2D eigenvalue weighted by Gasteiger charge is -2.12. The third kappa shape index (κ3) is 3.19. The fraction of sp³-hybridized carbons (Fsp3) is 0.300. The predicted molar refractivity (Wildman–Crippen MR) is 106 cm³/mol. The van der Waals surface area contributed by atoms with E-state index in [0.717, 1.165) is 23.1 Å². The molecule has 152 valence electrons. The Kier molecular flexibility index (Phi) is 4.46. The number of rotatable bonds is 3. The zero-order valence-electron chi connectivity index (χ0n) is 16.3. The van der Waals surface area contributed by atoms with Gasteiger partial charge in [0.05, 0.1) is 17.8 Å². The molecule has 0 saturated heterocycles. The molecule has 0 amide bonds. The largest absolute Gasteiger partial charge is 0.511 e. The van der Waals surface area contributed by atoms with Crippen molar-refractivity contribution in [3.63, 3.8) is 0 Å². The van der Waals surface area contributed by atoms with Gasteiger partial charge in [-0.25, -0.2) is 4.79 Å². The third-order valence-electron chi connectivity index (χ3n) is 5.04. The Labute approximate surface area is 165 Å². The van der Waals surface area contributed by atoms with E-state index in [2.05, 4.69) is 25.3 Å². The second-order valence-corrected chi connectivity index (χ2v) is 7.29. The van der Waals surface area contributed by atoms with Gasteiger partial charge in [0.25, 0.3) is 5.56 Å². The Morgan fingerprint density at radius 2 is 2.10 bits per heavy atom. The summed E-state index contributed by atoms with van der Waals surface area (Å²) in [6.45, 7) is 1.02. The molecular formula is C20H21N3O6. The number of aromatic nitrogens is 2. The average molecular weight is 399 g/mol. The van der Waals surface area contributed by atoms with Crippen molar-refractivity contribution in [2.75, 3.05) is 20.7 Å². The van der Waals surface area contributed by atoms with Crippen molar-refractivity contribution >= 4 is 17.1 Å². The normalized spacial score (nSPS) is 13.0. The number of aryl methyl sites for hydroxylation is 1. The van der Waals surface area contributed by atoms with Crippen molar-refractivity contribution in [2.24, 2.45) is 7.05 Å². The van der Waals surface area contributed by atoms with Gasteiger partial charge in [-0.15, -0.1) is 0 Å². The van der Waals surface area contributed by atoms with Crippen molar-refractivity contribution in [2.45, 2.75) is 13.0 Å². The van der Waals surface area contributed by atoms with Gasteiger partial charge in [-0.3, -0.25) is 4.79 Å². The number of pyridine rings is 1. The maximum atomic E-state index is 12.4. The molecule has 1 aliphatic heterocycles. The second-order valence-electron chi connectivity index (χ2n) is 7.29. The van der Waals surface area contributed by atoms with Crippen molar-refractivity contribution in [1.29, 1.82) is 0 Å². The molecule has 2 aromatic heterocycles. The quantitative estimate of drug-likeness (QED) is 0.579. The molecule has 3 heterocycles. The summed E-state index contributed by atoms with van der Waals surface area (Å²) < 4.78 is 12.4. The lowest BCUT2D eigenvalue weighted by Crippen LogP contribution is -2.17. The number of fused-ring (bicyclic) bond motifs is 4. The molecule has 0 aliphatic carbocycles. The van der Waals surface area contributed by atoms with Crippen molar-refractivity contribution < 1.29 is 24.5 Å². The van der Waals surface area contributed by atoms with Crippen LogP contribution in [0.25, 0.3) is 22.2 Å². The van der Waals surface area contributed by atoms with Crippen LogP contribution in [0.15, 0.2) is 23.0 Å². The van der Waals surface area contributed by atoms with Crippen LogP contribution in [0.2, 0.25) is 0 Å². The molecule has 29 heavy (non-hydrogen) atoms. The van der Waals surface area contributed by atoms with Crippen molar-refractivity contribution in [3.8, 4) is 28.5 Å². The molecule has 1 aromatic carbocycles. The Morgan fingerprint density at radius 3 is 2.79 bits per heavy atom. The van der Waals surface area contributed by atoms with E-state index in [0.29, 0.717) is 22.6 Å². The van der Waals surface area contributed by atoms with Gasteiger partial charge in [0.15, 0.2) is 5.75 Å². The summed E-state index contributed by atoms with van der Waals surface area (Å²) in [7, 11) is 5.98. The SMILES string of the molecule is CN(C)Cc1cc2cc3c(cc2n1C)OCCc1c-3[nH]c(=O)c(OC(=O)O)c1O. The lowest BCUT2D eigenvalue weighted by molar-refractivity contribution is 0.142. The van der Waals surface area contributed by atoms with Crippen LogP contribution in [0, 0.1) is 0 Å². The molecule has 0 unspecified atom stereocenters. The molecule has 0 fully saturated rings. The van der Waals surface area contributed by atoms with Gasteiger partial charge in [0.2, 0.25) is 5.75 Å². The Bertz CT molecular complexity index is 1190. The Morgan fingerprint density at radius 1 is 1.34 bits per heavy atom. The van der Waals surface area contributed by atoms with E-state index in [4.69, 9.17) is 9.84 Å². The number of nitrogens with one attached hydrogen (secondary N) is 1. The highest BCUT2D eigenvalue weighted by Gasteiger charge is 2.26. The molecule has 4 rings (SSSR count). The van der Waals surface area contributed by atoms with Crippen LogP contribution < -0.4 is 15.0 Å². The molecule has 0 atom stereocenters. The molecule has 0 bridgehead atoms. The minimum Gasteiger partial charge on any atom is -0.504 e. The number of aromatic hydroxyl groups is 1. The Balaban J connectivity index is 1.93. The molecule has 0 radical (unpaired) electrons. The summed E-state index contributed by atoms with van der Waals surface area (Å²) in [6, 6.07) is 5.89. The third-order valence-corrected chi connectivity index (χ3v) is 5.04. The van der Waals surface area contributed by atoms with Crippen LogP contribution >= 0.6 is 0 Å². The van der Waals surface area contributed by atoms with Crippen LogP contribution in [0.3, 0.4) is 0 Å². The summed E-state index contributed by atoms with van der Waals surface area (Å²) >= 11 is 0. The summed E-state index contributed by atoms with van der Waals surface area (Å²) in [5, 5.41) is 20.3. The molecule has 0 saturated carbocycles. The van der Waals surface area contributed by atoms with Crippen molar-refractivity contribution in [3.05, 3.63) is 39.8 Å². The molecule has 0 spiro atoms. The smallest absolute Gasteiger partial charge is 0.504 e. The van der Waals surface area contributed by atoms with E-state index in [1.807, 2.05) is 33.3 Å². The molecule has 3 aromatic rings. The van der Waals surface area contributed by atoms with Crippen LogP contribution in [0.4, 0.5) is 4.79 Å². The lowest BCUT2D eigenvalue weighted by atomic mass is 10.0. The van der Waals surface area contributed by atoms with Gasteiger partial charge < -0.3 is 34.1 Å². The predicted octanol–water partition coefficient (Wildman–Crippen LogP) is 2.29. The summed E-state index contributed by atoms with van der Waals surface area (Å²) in [4.78, 5) is 27.9. The highest BCUT2D eigenvalue weighted by Crippen LogP contribution is 2.41. The minimum atomic E-state index is -1.67. The van der Waals surface area contributed by atoms with Crippen LogP contribution in [-0.2, 0) is 20.0 Å². The highest BCUT2D eigenvalue weighted by atomic mass is 16.7. The second kappa shape index (κ2) is 6.85. The van der Waals surface area contributed by atoms with E-state index in [1.165, 1.54) is 0 Å². The number of hydrogen-bond acceptors (Lipinski definition) is 6. The highest BCUT2D eigenvalue weighted by molar-refractivity contribution is 5.90. The van der Waals surface area contributed by atoms with E-state index >= 15 is 0 Å². The van der Waals surface area contributed by atoms with Gasteiger partial charge in [0, 0.05) is 48.3 Å². The first-order valence-electron chi connectivity index (χ1n) is 9.05. The molecule has 9 heteroatoms. The number of carbonyl (C=O) groups is 1. The summed E-state index contributed by atoms with van der Waals surface area (Å²) in [5.41, 5.74) is 2.69. The van der Waals surface area contributed by atoms with Gasteiger partial charge in [-0.2, -0.15) is 0 Å². The van der Waals surface area contributed by atoms with Gasteiger partial charge in [-0.05, 0) is 26.2 Å². The molecule has 9 nitrogen and oxygen atoms in total. The number of nitrogens with zero attached hydrogens (tertiary/aromatic N) is 2. The van der Waals surface area contributed by atoms with Gasteiger partial charge in [-0.1, -0.05) is 0 Å². The van der Waals surface area contributed by atoms with Crippen LogP contribution in [0.1, 0.15) is 11.3 Å². The number of carboxylic acid groups (broad SMARTS) is 1. The number of aromatic amines is 1. The zero-order valence-corrected chi connectivity index (χ0v) is 16.3. The molecule has 3 N–H and O–H groups in total. The zero-order chi connectivity index (χ0) is 20.9. The maximum absolute atomic E-state index is 12.4. The van der Waals surface area contributed by atoms with E-state index in [1.54, 1.807) is 0 Å². The number of ether oxygens (including phenoxy) is 2. The molecular weight excluding hydrogens is 378 g/mol. The monoisotopic (exact) mass is 399 g/mol. The van der Waals surface area contributed by atoms with Gasteiger partial charge in [0.1, 0.15) is 5.75 Å². The number of hydrogen-bond donors (Lipinski definition) is 3. The van der Waals surface area contributed by atoms with E-state index in [-0.39, 0.29) is 13.0 Å². The van der Waals surface area contributed by atoms with Gasteiger partial charge >= 0.3 is 6.16 Å². The van der Waals surface area contributed by atoms with Crippen molar-refractivity contribution in [1.82, 2.24) is 14.5 Å². The first-order valence-corrected chi connectivity index (χ1v) is 9.05. The topological polar surface area (TPSA) is 117 Å². The number of H-pyrrole nitrogens is 1. The Hall–Kier alpha value is -3.46. The van der Waals surface area contributed by atoms with Crippen LogP contribution in [0.5, 0.6) is 17.2 Å². The maximum Gasteiger partial charge on any atom is 0.511 e. The first-order chi connectivity index (χ1) is 13.8.